The standard InChI is InChI=1S/C13H11NO7/c1-4(2)10(15)6-3-5(11(16)17)7(12(18)19)8(9(6)14)13(20)21/h3H,1,14H2,2H3,(H,16,17)(H,18,19)(H,20,21). The number of nitrogens with two attached hydrogens (primary N) is 1. The Balaban J connectivity index is 3.95. The lowest BCUT2D eigenvalue weighted by Gasteiger charge is -2.13. The number of rotatable bonds is 5. The Hall–Kier alpha value is -3.16. The third kappa shape index (κ3) is 2.73. The van der Waals surface area contributed by atoms with Crippen molar-refractivity contribution in [1.29, 1.82) is 0 Å². The second kappa shape index (κ2) is 5.45. The highest BCUT2D eigenvalue weighted by molar-refractivity contribution is 6.19. The maximum absolute atomic E-state index is 11.9. The lowest BCUT2D eigenvalue weighted by atomic mass is 9.92. The Bertz CT molecular complexity index is 703. The molecule has 0 saturated carbocycles. The zero-order chi connectivity index (χ0) is 16.5. The van der Waals surface area contributed by atoms with Crippen LogP contribution in [0.4, 0.5) is 5.69 Å². The van der Waals surface area contributed by atoms with Crippen molar-refractivity contribution in [3.63, 3.8) is 0 Å². The summed E-state index contributed by atoms with van der Waals surface area (Å²) in [7, 11) is 0. The van der Waals surface area contributed by atoms with Crippen LogP contribution in [0.3, 0.4) is 0 Å². The number of aromatic carboxylic acids is 3. The second-order valence-electron chi connectivity index (χ2n) is 4.16. The van der Waals surface area contributed by atoms with Gasteiger partial charge in [-0.25, -0.2) is 14.4 Å². The molecule has 8 heteroatoms. The van der Waals surface area contributed by atoms with Gasteiger partial charge in [-0.3, -0.25) is 4.79 Å². The van der Waals surface area contributed by atoms with Crippen LogP contribution in [-0.2, 0) is 0 Å². The van der Waals surface area contributed by atoms with Crippen LogP contribution in [0.25, 0.3) is 0 Å². The summed E-state index contributed by atoms with van der Waals surface area (Å²) >= 11 is 0. The molecule has 1 aromatic rings. The highest BCUT2D eigenvalue weighted by atomic mass is 16.4. The van der Waals surface area contributed by atoms with Gasteiger partial charge in [-0.05, 0) is 18.6 Å². The predicted molar refractivity (Wildman–Crippen MR) is 70.9 cm³/mol. The van der Waals surface area contributed by atoms with Crippen molar-refractivity contribution in [1.82, 2.24) is 0 Å². The summed E-state index contributed by atoms with van der Waals surface area (Å²) in [4.78, 5) is 45.3. The number of carbonyl (C=O) groups is 4. The van der Waals surface area contributed by atoms with Gasteiger partial charge in [0, 0.05) is 5.56 Å². The maximum Gasteiger partial charge on any atom is 0.338 e. The van der Waals surface area contributed by atoms with Gasteiger partial charge < -0.3 is 21.1 Å². The number of nitrogen functional groups attached to an aromatic ring is 1. The molecule has 110 valence electrons. The molecule has 0 amide bonds. The first-order chi connectivity index (χ1) is 9.59. The van der Waals surface area contributed by atoms with Gasteiger partial charge in [0.1, 0.15) is 0 Å². The van der Waals surface area contributed by atoms with E-state index in [2.05, 4.69) is 6.58 Å². The summed E-state index contributed by atoms with van der Waals surface area (Å²) in [5.41, 5.74) is 1.75. The topological polar surface area (TPSA) is 155 Å². The largest absolute Gasteiger partial charge is 0.478 e. The molecule has 21 heavy (non-hydrogen) atoms. The quantitative estimate of drug-likeness (QED) is 0.357. The van der Waals surface area contributed by atoms with Crippen molar-refractivity contribution in [3.05, 3.63) is 40.5 Å². The SMILES string of the molecule is C=C(C)C(=O)c1cc(C(=O)O)c(C(=O)O)c(C(=O)O)c1N. The minimum atomic E-state index is -1.77. The average Bonchev–Trinajstić information content (AvgIpc) is 2.35. The van der Waals surface area contributed by atoms with Crippen LogP contribution in [0.15, 0.2) is 18.2 Å². The number of anilines is 1. The van der Waals surface area contributed by atoms with Gasteiger partial charge in [-0.2, -0.15) is 0 Å². The minimum Gasteiger partial charge on any atom is -0.478 e. The van der Waals surface area contributed by atoms with Gasteiger partial charge in [0.05, 0.1) is 22.4 Å². The van der Waals surface area contributed by atoms with E-state index in [4.69, 9.17) is 21.1 Å². The molecule has 1 rings (SSSR count). The van der Waals surface area contributed by atoms with Gasteiger partial charge in [0.15, 0.2) is 5.78 Å². The van der Waals surface area contributed by atoms with Crippen molar-refractivity contribution in [2.45, 2.75) is 6.92 Å². The Morgan fingerprint density at radius 1 is 0.952 bits per heavy atom. The average molecular weight is 293 g/mol. The molecule has 1 aromatic carbocycles. The van der Waals surface area contributed by atoms with Crippen LogP contribution in [-0.4, -0.2) is 39.0 Å². The summed E-state index contributed by atoms with van der Waals surface area (Å²) in [6.45, 7) is 4.69. The fourth-order valence-corrected chi connectivity index (χ4v) is 1.73. The molecule has 0 aliphatic rings. The number of hydrogen-bond donors (Lipinski definition) is 4. The first kappa shape index (κ1) is 15.9. The number of carboxylic acid groups (broad SMARTS) is 3. The number of hydrogen-bond acceptors (Lipinski definition) is 5. The number of ketones is 1. The monoisotopic (exact) mass is 293 g/mol. The van der Waals surface area contributed by atoms with E-state index in [1.54, 1.807) is 0 Å². The van der Waals surface area contributed by atoms with Gasteiger partial charge in [0.2, 0.25) is 0 Å². The molecule has 0 radical (unpaired) electrons. The van der Waals surface area contributed by atoms with E-state index in [9.17, 15) is 19.2 Å². The molecular formula is C13H11NO7. The fourth-order valence-electron chi connectivity index (χ4n) is 1.73. The third-order valence-electron chi connectivity index (χ3n) is 2.66. The van der Waals surface area contributed by atoms with Crippen molar-refractivity contribution < 1.29 is 34.5 Å². The fraction of sp³-hybridized carbons (Fsp3) is 0.0769. The lowest BCUT2D eigenvalue weighted by molar-refractivity contribution is 0.0633. The minimum absolute atomic E-state index is 0.00236. The molecule has 0 aliphatic carbocycles. The third-order valence-corrected chi connectivity index (χ3v) is 2.66. The second-order valence-corrected chi connectivity index (χ2v) is 4.16. The van der Waals surface area contributed by atoms with Crippen molar-refractivity contribution in [2.24, 2.45) is 0 Å². The molecule has 0 aliphatic heterocycles. The summed E-state index contributed by atoms with van der Waals surface area (Å²) in [6.07, 6.45) is 0. The molecule has 0 saturated heterocycles. The first-order valence-corrected chi connectivity index (χ1v) is 5.46. The maximum atomic E-state index is 11.9. The van der Waals surface area contributed by atoms with Gasteiger partial charge in [0.25, 0.3) is 0 Å². The van der Waals surface area contributed by atoms with E-state index in [0.29, 0.717) is 0 Å². The molecule has 0 spiro atoms. The van der Waals surface area contributed by atoms with E-state index < -0.39 is 51.6 Å². The molecule has 5 N–H and O–H groups in total. The number of carbonyl (C=O) groups excluding carboxylic acids is 1. The lowest BCUT2D eigenvalue weighted by Crippen LogP contribution is -2.20. The van der Waals surface area contributed by atoms with Crippen LogP contribution in [0.1, 0.15) is 48.4 Å². The molecule has 0 fully saturated rings. The summed E-state index contributed by atoms with van der Waals surface area (Å²) in [5.74, 6) is -5.98. The Labute approximate surface area is 118 Å². The number of Topliss-reactive ketones (excluding diaryl/α,β-unsaturated/α-hetero) is 1. The van der Waals surface area contributed by atoms with E-state index in [1.807, 2.05) is 0 Å². The molecule has 0 bridgehead atoms. The Morgan fingerprint density at radius 3 is 1.76 bits per heavy atom. The van der Waals surface area contributed by atoms with Crippen LogP contribution >= 0.6 is 0 Å². The number of benzene rings is 1. The van der Waals surface area contributed by atoms with Crippen LogP contribution in [0.2, 0.25) is 0 Å². The number of carboxylic acids is 3. The van der Waals surface area contributed by atoms with E-state index in [1.165, 1.54) is 6.92 Å². The first-order valence-electron chi connectivity index (χ1n) is 5.46. The van der Waals surface area contributed by atoms with E-state index in [-0.39, 0.29) is 5.57 Å². The normalized spacial score (nSPS) is 9.95. The molecule has 8 nitrogen and oxygen atoms in total. The van der Waals surface area contributed by atoms with Crippen LogP contribution in [0, 0.1) is 0 Å². The highest BCUT2D eigenvalue weighted by Crippen LogP contribution is 2.28. The summed E-state index contributed by atoms with van der Waals surface area (Å²) in [5, 5.41) is 27.1. The van der Waals surface area contributed by atoms with Gasteiger partial charge >= 0.3 is 17.9 Å². The van der Waals surface area contributed by atoms with Crippen molar-refractivity contribution in [3.8, 4) is 0 Å². The van der Waals surface area contributed by atoms with Gasteiger partial charge in [-0.15, -0.1) is 0 Å². The Kier molecular flexibility index (Phi) is 4.13. The van der Waals surface area contributed by atoms with Crippen LogP contribution in [0.5, 0.6) is 0 Å². The number of allylic oxidation sites excluding steroid dienone is 1. The molecule has 0 unspecified atom stereocenters. The van der Waals surface area contributed by atoms with E-state index in [0.717, 1.165) is 6.07 Å². The Morgan fingerprint density at radius 2 is 1.43 bits per heavy atom. The zero-order valence-electron chi connectivity index (χ0n) is 10.8. The molecule has 0 aromatic heterocycles. The van der Waals surface area contributed by atoms with E-state index >= 15 is 0 Å². The summed E-state index contributed by atoms with van der Waals surface area (Å²) in [6, 6.07) is 0.741. The highest BCUT2D eigenvalue weighted by Gasteiger charge is 2.30. The van der Waals surface area contributed by atoms with Gasteiger partial charge in [-0.1, -0.05) is 6.58 Å². The molecule has 0 heterocycles. The molecular weight excluding hydrogens is 282 g/mol. The van der Waals surface area contributed by atoms with Crippen LogP contribution < -0.4 is 5.73 Å². The zero-order valence-corrected chi connectivity index (χ0v) is 10.8. The summed E-state index contributed by atoms with van der Waals surface area (Å²) < 4.78 is 0. The van der Waals surface area contributed by atoms with Crippen molar-refractivity contribution in [2.75, 3.05) is 5.73 Å². The predicted octanol–water partition coefficient (Wildman–Crippen LogP) is 1.12. The molecule has 0 atom stereocenters. The smallest absolute Gasteiger partial charge is 0.338 e. The van der Waals surface area contributed by atoms with Crippen molar-refractivity contribution >= 4 is 29.4 Å².